The topological polar surface area (TPSA) is 71.4 Å². The summed E-state index contributed by atoms with van der Waals surface area (Å²) in [5.74, 6) is 0.563. The Labute approximate surface area is 161 Å². The van der Waals surface area contributed by atoms with Crippen LogP contribution in [0.2, 0.25) is 0 Å². The van der Waals surface area contributed by atoms with E-state index in [1.54, 1.807) is 16.9 Å². The average molecular weight is 387 g/mol. The summed E-state index contributed by atoms with van der Waals surface area (Å²) in [5.41, 5.74) is 0.771. The molecule has 1 aromatic heterocycles. The van der Waals surface area contributed by atoms with Gasteiger partial charge >= 0.3 is 0 Å². The van der Waals surface area contributed by atoms with Crippen molar-refractivity contribution in [2.45, 2.75) is 0 Å². The van der Waals surface area contributed by atoms with Crippen molar-refractivity contribution in [1.82, 2.24) is 9.80 Å². The maximum Gasteiger partial charge on any atom is 0.264 e. The monoisotopic (exact) mass is 387 g/mol. The van der Waals surface area contributed by atoms with Gasteiger partial charge in [0.05, 0.1) is 18.2 Å². The van der Waals surface area contributed by atoms with E-state index in [0.29, 0.717) is 31.9 Å². The van der Waals surface area contributed by atoms with Crippen molar-refractivity contribution in [3.8, 4) is 5.75 Å². The first-order valence-corrected chi connectivity index (χ1v) is 9.46. The number of benzene rings is 1. The zero-order valence-corrected chi connectivity index (χ0v) is 15.9. The Morgan fingerprint density at radius 1 is 1.11 bits per heavy atom. The molecule has 1 aromatic carbocycles. The van der Waals surface area contributed by atoms with Gasteiger partial charge in [-0.2, -0.15) is 0 Å². The lowest BCUT2D eigenvalue weighted by molar-refractivity contribution is -0.137. The van der Waals surface area contributed by atoms with Crippen LogP contribution < -0.4 is 4.74 Å². The Kier molecular flexibility index (Phi) is 6.43. The molecule has 0 radical (unpaired) electrons. The average Bonchev–Trinajstić information content (AvgIpc) is 3.25. The number of carbonyl (C=O) groups is 2. The number of hydrogen-bond donors (Lipinski definition) is 0. The Bertz CT molecular complexity index is 799. The van der Waals surface area contributed by atoms with Crippen LogP contribution in [0, 0.1) is 0 Å². The van der Waals surface area contributed by atoms with Crippen LogP contribution in [0.5, 0.6) is 5.75 Å². The van der Waals surface area contributed by atoms with Crippen LogP contribution in [0.4, 0.5) is 0 Å². The summed E-state index contributed by atoms with van der Waals surface area (Å²) in [6.07, 6.45) is 1.52. The second-order valence-electron chi connectivity index (χ2n) is 5.90. The fourth-order valence-corrected chi connectivity index (χ4v) is 3.46. The Morgan fingerprint density at radius 2 is 1.85 bits per heavy atom. The van der Waals surface area contributed by atoms with Crippen LogP contribution in [0.25, 0.3) is 0 Å². The molecule has 0 bridgehead atoms. The molecule has 0 spiro atoms. The first-order chi connectivity index (χ1) is 13.2. The zero-order chi connectivity index (χ0) is 19.1. The van der Waals surface area contributed by atoms with E-state index in [9.17, 15) is 9.59 Å². The summed E-state index contributed by atoms with van der Waals surface area (Å²) >= 11 is 1.43. The molecule has 1 aliphatic rings. The number of ether oxygens (including phenoxy) is 1. The van der Waals surface area contributed by atoms with Gasteiger partial charge in [0.25, 0.3) is 11.8 Å². The van der Waals surface area contributed by atoms with Crippen molar-refractivity contribution in [2.75, 3.05) is 39.9 Å². The molecule has 2 amide bonds. The molecule has 0 saturated carbocycles. The van der Waals surface area contributed by atoms with Crippen molar-refractivity contribution in [1.29, 1.82) is 0 Å². The van der Waals surface area contributed by atoms with Gasteiger partial charge in [-0.25, -0.2) is 0 Å². The van der Waals surface area contributed by atoms with Gasteiger partial charge in [-0.05, 0) is 23.6 Å². The highest BCUT2D eigenvalue weighted by molar-refractivity contribution is 7.12. The number of oxime groups is 1. The molecule has 0 N–H and O–H groups in total. The Hall–Kier alpha value is -2.87. The highest BCUT2D eigenvalue weighted by Gasteiger charge is 2.25. The predicted octanol–water partition coefficient (Wildman–Crippen LogP) is 2.09. The van der Waals surface area contributed by atoms with Gasteiger partial charge in [-0.3, -0.25) is 9.59 Å². The van der Waals surface area contributed by atoms with Crippen LogP contribution >= 0.6 is 11.3 Å². The number of piperazine rings is 1. The van der Waals surface area contributed by atoms with Crippen molar-refractivity contribution >= 4 is 29.4 Å². The van der Waals surface area contributed by atoms with E-state index in [1.165, 1.54) is 17.6 Å². The van der Waals surface area contributed by atoms with E-state index in [-0.39, 0.29) is 18.4 Å². The lowest BCUT2D eigenvalue weighted by Crippen LogP contribution is -2.51. The van der Waals surface area contributed by atoms with Gasteiger partial charge in [0.1, 0.15) is 5.75 Å². The molecule has 2 aromatic rings. The molecule has 2 heterocycles. The maximum atomic E-state index is 12.3. The minimum atomic E-state index is -0.143. The standard InChI is InChI=1S/C19H21N3O4S/c1-25-16-6-3-2-5-15(16)13-20-26-14-18(23)21-8-10-22(11-9-21)19(24)17-7-4-12-27-17/h2-7,12-13H,8-11,14H2,1H3/b20-13-. The minimum absolute atomic E-state index is 0.0229. The molecule has 1 aliphatic heterocycles. The van der Waals surface area contributed by atoms with E-state index >= 15 is 0 Å². The molecular formula is C19H21N3O4S. The quantitative estimate of drug-likeness (QED) is 0.562. The number of rotatable bonds is 6. The van der Waals surface area contributed by atoms with Crippen molar-refractivity contribution in [3.63, 3.8) is 0 Å². The highest BCUT2D eigenvalue weighted by Crippen LogP contribution is 2.15. The third-order valence-corrected chi connectivity index (χ3v) is 5.10. The van der Waals surface area contributed by atoms with Gasteiger partial charge < -0.3 is 19.4 Å². The fourth-order valence-electron chi connectivity index (χ4n) is 2.77. The summed E-state index contributed by atoms with van der Waals surface area (Å²) < 4.78 is 5.22. The maximum absolute atomic E-state index is 12.3. The SMILES string of the molecule is COc1ccccc1/C=N\OCC(=O)N1CCN(C(=O)c2cccs2)CC1. The molecule has 8 heteroatoms. The van der Waals surface area contributed by atoms with Crippen LogP contribution in [0.15, 0.2) is 46.9 Å². The number of amides is 2. The molecular weight excluding hydrogens is 366 g/mol. The van der Waals surface area contributed by atoms with E-state index in [4.69, 9.17) is 9.57 Å². The number of nitrogens with zero attached hydrogens (tertiary/aromatic N) is 3. The number of para-hydroxylation sites is 1. The summed E-state index contributed by atoms with van der Waals surface area (Å²) in [5, 5.41) is 5.73. The summed E-state index contributed by atoms with van der Waals surface area (Å²) in [4.78, 5) is 33.9. The Morgan fingerprint density at radius 3 is 2.56 bits per heavy atom. The third kappa shape index (κ3) is 4.85. The molecule has 1 fully saturated rings. The third-order valence-electron chi connectivity index (χ3n) is 4.24. The summed E-state index contributed by atoms with van der Waals surface area (Å²) in [6.45, 7) is 1.90. The molecule has 7 nitrogen and oxygen atoms in total. The fraction of sp³-hybridized carbons (Fsp3) is 0.316. The second kappa shape index (κ2) is 9.18. The van der Waals surface area contributed by atoms with Gasteiger partial charge in [0.15, 0.2) is 6.61 Å². The molecule has 142 valence electrons. The lowest BCUT2D eigenvalue weighted by atomic mass is 10.2. The smallest absolute Gasteiger partial charge is 0.264 e. The summed E-state index contributed by atoms with van der Waals surface area (Å²) in [7, 11) is 1.58. The Balaban J connectivity index is 1.43. The summed E-state index contributed by atoms with van der Waals surface area (Å²) in [6, 6.07) is 11.1. The largest absolute Gasteiger partial charge is 0.496 e. The predicted molar refractivity (Wildman–Crippen MR) is 103 cm³/mol. The molecule has 0 atom stereocenters. The molecule has 0 aliphatic carbocycles. The first-order valence-electron chi connectivity index (χ1n) is 8.58. The first kappa shape index (κ1) is 18.9. The van der Waals surface area contributed by atoms with Crippen LogP contribution in [0.3, 0.4) is 0 Å². The normalized spacial score (nSPS) is 14.4. The van der Waals surface area contributed by atoms with E-state index in [1.807, 2.05) is 41.8 Å². The highest BCUT2D eigenvalue weighted by atomic mass is 32.1. The van der Waals surface area contributed by atoms with Crippen molar-refractivity contribution in [2.24, 2.45) is 5.16 Å². The number of methoxy groups -OCH3 is 1. The van der Waals surface area contributed by atoms with Gasteiger partial charge in [0.2, 0.25) is 0 Å². The number of carbonyl (C=O) groups excluding carboxylic acids is 2. The van der Waals surface area contributed by atoms with Gasteiger partial charge in [0, 0.05) is 31.7 Å². The second-order valence-corrected chi connectivity index (χ2v) is 6.85. The lowest BCUT2D eigenvalue weighted by Gasteiger charge is -2.34. The zero-order valence-electron chi connectivity index (χ0n) is 15.0. The molecule has 3 rings (SSSR count). The van der Waals surface area contributed by atoms with E-state index in [0.717, 1.165) is 10.4 Å². The number of thiophene rings is 1. The molecule has 0 unspecified atom stereocenters. The van der Waals surface area contributed by atoms with Gasteiger partial charge in [-0.15, -0.1) is 11.3 Å². The van der Waals surface area contributed by atoms with E-state index in [2.05, 4.69) is 5.16 Å². The molecule has 1 saturated heterocycles. The minimum Gasteiger partial charge on any atom is -0.496 e. The van der Waals surface area contributed by atoms with Crippen LogP contribution in [-0.2, 0) is 9.63 Å². The van der Waals surface area contributed by atoms with Crippen LogP contribution in [0.1, 0.15) is 15.2 Å². The molecule has 27 heavy (non-hydrogen) atoms. The van der Waals surface area contributed by atoms with Gasteiger partial charge in [-0.1, -0.05) is 23.4 Å². The number of hydrogen-bond acceptors (Lipinski definition) is 6. The van der Waals surface area contributed by atoms with E-state index < -0.39 is 0 Å². The van der Waals surface area contributed by atoms with Crippen LogP contribution in [-0.4, -0.2) is 67.7 Å². The van der Waals surface area contributed by atoms with Crippen molar-refractivity contribution in [3.05, 3.63) is 52.2 Å². The van der Waals surface area contributed by atoms with Crippen molar-refractivity contribution < 1.29 is 19.2 Å².